The van der Waals surface area contributed by atoms with Crippen LogP contribution in [0.1, 0.15) is 41.0 Å². The van der Waals surface area contributed by atoms with E-state index in [4.69, 9.17) is 4.84 Å². The molecule has 1 unspecified atom stereocenters. The highest BCUT2D eigenvalue weighted by Crippen LogP contribution is 2.32. The lowest BCUT2D eigenvalue weighted by molar-refractivity contribution is -0.112. The summed E-state index contributed by atoms with van der Waals surface area (Å²) in [5.41, 5.74) is 0.619. The molecule has 0 saturated carbocycles. The van der Waals surface area contributed by atoms with E-state index in [1.807, 2.05) is 6.92 Å². The second-order valence-corrected chi connectivity index (χ2v) is 5.31. The Morgan fingerprint density at radius 3 is 2.53 bits per heavy atom. The summed E-state index contributed by atoms with van der Waals surface area (Å²) in [4.78, 5) is 16.2. The van der Waals surface area contributed by atoms with Gasteiger partial charge in [-0.1, -0.05) is 25.9 Å². The van der Waals surface area contributed by atoms with Gasteiger partial charge in [0, 0.05) is 11.8 Å². The Morgan fingerprint density at radius 1 is 1.53 bits per heavy atom. The van der Waals surface area contributed by atoms with E-state index in [9.17, 15) is 4.79 Å². The van der Waals surface area contributed by atoms with Gasteiger partial charge >= 0.3 is 0 Å². The lowest BCUT2D eigenvalue weighted by atomic mass is 9.84. The van der Waals surface area contributed by atoms with Gasteiger partial charge in [0.25, 0.3) is 0 Å². The second kappa shape index (κ2) is 3.80. The van der Waals surface area contributed by atoms with E-state index in [2.05, 4.69) is 25.9 Å². The van der Waals surface area contributed by atoms with Gasteiger partial charge in [-0.2, -0.15) is 0 Å². The van der Waals surface area contributed by atoms with E-state index in [-0.39, 0.29) is 11.2 Å². The molecule has 0 radical (unpaired) electrons. The lowest BCUT2D eigenvalue weighted by Gasteiger charge is -2.20. The smallest absolute Gasteiger partial charge is 0.158 e. The van der Waals surface area contributed by atoms with Crippen LogP contribution in [0.4, 0.5) is 0 Å². The van der Waals surface area contributed by atoms with Crippen molar-refractivity contribution in [2.45, 2.75) is 46.6 Å². The quantitative estimate of drug-likeness (QED) is 0.656. The fourth-order valence-corrected chi connectivity index (χ4v) is 1.34. The minimum absolute atomic E-state index is 0.0296. The molecule has 0 aromatic heterocycles. The van der Waals surface area contributed by atoms with Gasteiger partial charge in [0.1, 0.15) is 0 Å². The molecule has 0 spiro atoms. The Bertz CT molecular complexity index is 323. The molecule has 3 nitrogen and oxygen atoms in total. The normalized spacial score (nSPS) is 26.6. The topological polar surface area (TPSA) is 38.7 Å². The van der Waals surface area contributed by atoms with Crippen molar-refractivity contribution in [1.29, 1.82) is 0 Å². The van der Waals surface area contributed by atoms with E-state index < -0.39 is 5.60 Å². The monoisotopic (exact) mass is 209 g/mol. The first-order valence-corrected chi connectivity index (χ1v) is 5.18. The maximum absolute atomic E-state index is 10.8. The molecular formula is C12H19NO2. The minimum Gasteiger partial charge on any atom is -0.385 e. The standard InChI is InChI=1S/C12H19NO2/c1-9(14)6-7-12(5)8-10(13-15-12)11(2,3)4/h6-7H,8H2,1-5H3/b7-6+. The molecule has 3 heteroatoms. The van der Waals surface area contributed by atoms with Crippen molar-refractivity contribution in [1.82, 2.24) is 0 Å². The van der Waals surface area contributed by atoms with Crippen LogP contribution in [0.2, 0.25) is 0 Å². The van der Waals surface area contributed by atoms with E-state index in [0.29, 0.717) is 0 Å². The van der Waals surface area contributed by atoms with Gasteiger partial charge < -0.3 is 4.84 Å². The molecule has 15 heavy (non-hydrogen) atoms. The molecule has 0 N–H and O–H groups in total. The third kappa shape index (κ3) is 3.18. The molecule has 0 aromatic rings. The molecule has 0 bridgehead atoms. The molecule has 1 heterocycles. The average Bonchev–Trinajstić information content (AvgIpc) is 2.45. The van der Waals surface area contributed by atoms with Crippen molar-refractivity contribution >= 4 is 11.5 Å². The maximum Gasteiger partial charge on any atom is 0.158 e. The zero-order valence-electron chi connectivity index (χ0n) is 10.1. The summed E-state index contributed by atoms with van der Waals surface area (Å²) in [7, 11) is 0. The summed E-state index contributed by atoms with van der Waals surface area (Å²) < 4.78 is 0. The fraction of sp³-hybridized carbons (Fsp3) is 0.667. The highest BCUT2D eigenvalue weighted by molar-refractivity contribution is 5.91. The molecule has 0 amide bonds. The Hall–Kier alpha value is -1.12. The third-order valence-corrected chi connectivity index (χ3v) is 2.42. The number of ketones is 1. The predicted octanol–water partition coefficient (Wildman–Crippen LogP) is 2.71. The maximum atomic E-state index is 10.8. The largest absolute Gasteiger partial charge is 0.385 e. The SMILES string of the molecule is CC(=O)/C=C/C1(C)CC(C(C)(C)C)=NO1. The summed E-state index contributed by atoms with van der Waals surface area (Å²) in [5.74, 6) is 0.0315. The van der Waals surface area contributed by atoms with Gasteiger partial charge in [-0.3, -0.25) is 4.79 Å². The number of rotatable bonds is 2. The summed E-state index contributed by atoms with van der Waals surface area (Å²) in [6, 6.07) is 0. The molecule has 1 aliphatic rings. The van der Waals surface area contributed by atoms with E-state index >= 15 is 0 Å². The van der Waals surface area contributed by atoms with Crippen molar-refractivity contribution < 1.29 is 9.63 Å². The molecule has 0 fully saturated rings. The van der Waals surface area contributed by atoms with Crippen LogP contribution in [0.25, 0.3) is 0 Å². The number of oxime groups is 1. The minimum atomic E-state index is -0.450. The summed E-state index contributed by atoms with van der Waals surface area (Å²) >= 11 is 0. The van der Waals surface area contributed by atoms with Crippen molar-refractivity contribution in [2.75, 3.05) is 0 Å². The highest BCUT2D eigenvalue weighted by Gasteiger charge is 2.36. The van der Waals surface area contributed by atoms with Gasteiger partial charge in [-0.25, -0.2) is 0 Å². The second-order valence-electron chi connectivity index (χ2n) is 5.31. The van der Waals surface area contributed by atoms with Gasteiger partial charge in [-0.15, -0.1) is 0 Å². The average molecular weight is 209 g/mol. The van der Waals surface area contributed by atoms with Crippen LogP contribution in [-0.4, -0.2) is 17.1 Å². The van der Waals surface area contributed by atoms with Gasteiger partial charge in [-0.05, 0) is 26.0 Å². The first-order chi connectivity index (χ1) is 6.73. The number of allylic oxidation sites excluding steroid dienone is 1. The number of hydrogen-bond donors (Lipinski definition) is 0. The lowest BCUT2D eigenvalue weighted by Crippen LogP contribution is -2.26. The van der Waals surface area contributed by atoms with Crippen LogP contribution >= 0.6 is 0 Å². The number of nitrogens with zero attached hydrogens (tertiary/aromatic N) is 1. The highest BCUT2D eigenvalue weighted by atomic mass is 16.7. The van der Waals surface area contributed by atoms with Crippen LogP contribution in [0.5, 0.6) is 0 Å². The van der Waals surface area contributed by atoms with E-state index in [1.165, 1.54) is 6.92 Å². The van der Waals surface area contributed by atoms with E-state index in [0.717, 1.165) is 12.1 Å². The van der Waals surface area contributed by atoms with Gasteiger partial charge in [0.2, 0.25) is 0 Å². The summed E-state index contributed by atoms with van der Waals surface area (Å²) in [6.45, 7) is 9.79. The zero-order chi connectivity index (χ0) is 11.7. The molecule has 1 aliphatic heterocycles. The molecule has 1 atom stereocenters. The van der Waals surface area contributed by atoms with Crippen LogP contribution in [0.3, 0.4) is 0 Å². The Morgan fingerprint density at radius 2 is 2.13 bits per heavy atom. The van der Waals surface area contributed by atoms with Crippen LogP contribution in [-0.2, 0) is 9.63 Å². The van der Waals surface area contributed by atoms with Crippen LogP contribution in [0.15, 0.2) is 17.3 Å². The Labute approximate surface area is 91.2 Å². The zero-order valence-corrected chi connectivity index (χ0v) is 10.1. The van der Waals surface area contributed by atoms with Crippen molar-refractivity contribution in [3.05, 3.63) is 12.2 Å². The van der Waals surface area contributed by atoms with Crippen LogP contribution < -0.4 is 0 Å². The van der Waals surface area contributed by atoms with Crippen molar-refractivity contribution in [2.24, 2.45) is 10.6 Å². The van der Waals surface area contributed by atoms with Crippen molar-refractivity contribution in [3.8, 4) is 0 Å². The first-order valence-electron chi connectivity index (χ1n) is 5.18. The molecular weight excluding hydrogens is 190 g/mol. The number of carbonyl (C=O) groups is 1. The molecule has 0 aliphatic carbocycles. The number of carbonyl (C=O) groups excluding carboxylic acids is 1. The van der Waals surface area contributed by atoms with Gasteiger partial charge in [0.05, 0.1) is 5.71 Å². The predicted molar refractivity (Wildman–Crippen MR) is 60.8 cm³/mol. The molecule has 1 rings (SSSR count). The first kappa shape index (κ1) is 12.0. The third-order valence-electron chi connectivity index (χ3n) is 2.42. The Balaban J connectivity index is 2.70. The fourth-order valence-electron chi connectivity index (χ4n) is 1.34. The van der Waals surface area contributed by atoms with E-state index in [1.54, 1.807) is 12.2 Å². The Kier molecular flexibility index (Phi) is 3.03. The molecule has 84 valence electrons. The van der Waals surface area contributed by atoms with Crippen LogP contribution in [0, 0.1) is 5.41 Å². The summed E-state index contributed by atoms with van der Waals surface area (Å²) in [6.07, 6.45) is 4.08. The molecule has 0 saturated heterocycles. The molecule has 0 aromatic carbocycles. The summed E-state index contributed by atoms with van der Waals surface area (Å²) in [5, 5.41) is 4.09. The van der Waals surface area contributed by atoms with Gasteiger partial charge in [0.15, 0.2) is 11.4 Å². The van der Waals surface area contributed by atoms with Crippen molar-refractivity contribution in [3.63, 3.8) is 0 Å². The number of hydrogen-bond acceptors (Lipinski definition) is 3.